The van der Waals surface area contributed by atoms with Crippen LogP contribution in [-0.4, -0.2) is 19.7 Å². The predicted octanol–water partition coefficient (Wildman–Crippen LogP) is 3.55. The Morgan fingerprint density at radius 3 is 2.48 bits per heavy atom. The predicted molar refractivity (Wildman–Crippen MR) is 97.3 cm³/mol. The van der Waals surface area contributed by atoms with Crippen molar-refractivity contribution in [2.75, 3.05) is 13.7 Å². The molecule has 0 aliphatic rings. The van der Waals surface area contributed by atoms with Crippen LogP contribution in [0.15, 0.2) is 48.5 Å². The largest absolute Gasteiger partial charge is 0.545 e. The van der Waals surface area contributed by atoms with Crippen molar-refractivity contribution in [3.63, 3.8) is 0 Å². The molecule has 0 atom stereocenters. The molecule has 0 radical (unpaired) electrons. The standard InChI is InChI=1S/C21H24O4/c1-3-4-8-13-25-19-12-11-16(15-20(19)24-2)14-18(21(22)23)17-9-6-5-7-10-17/h5-7,9-12,14-15H,3-4,8,13H2,1-2H3,(H,22,23)/p-1/b18-14+. The topological polar surface area (TPSA) is 58.6 Å². The van der Waals surface area contributed by atoms with Crippen molar-refractivity contribution in [3.8, 4) is 11.5 Å². The van der Waals surface area contributed by atoms with Gasteiger partial charge in [-0.15, -0.1) is 0 Å². The molecule has 0 amide bonds. The van der Waals surface area contributed by atoms with E-state index in [4.69, 9.17) is 9.47 Å². The van der Waals surface area contributed by atoms with Crippen molar-refractivity contribution in [1.82, 2.24) is 0 Å². The van der Waals surface area contributed by atoms with Crippen LogP contribution in [0.1, 0.15) is 37.3 Å². The van der Waals surface area contributed by atoms with E-state index in [1.807, 2.05) is 12.1 Å². The van der Waals surface area contributed by atoms with E-state index in [2.05, 4.69) is 6.92 Å². The molecule has 2 rings (SSSR count). The Kier molecular flexibility index (Phi) is 7.08. The van der Waals surface area contributed by atoms with Gasteiger partial charge in [0.05, 0.1) is 19.7 Å². The van der Waals surface area contributed by atoms with Gasteiger partial charge in [-0.2, -0.15) is 0 Å². The highest BCUT2D eigenvalue weighted by Crippen LogP contribution is 2.30. The first kappa shape index (κ1) is 18.6. The molecule has 4 nitrogen and oxygen atoms in total. The number of hydrogen-bond acceptors (Lipinski definition) is 4. The lowest BCUT2D eigenvalue weighted by molar-refractivity contribution is -0.295. The molecule has 0 unspecified atom stereocenters. The number of carboxylic acids is 1. The molecule has 4 heteroatoms. The van der Waals surface area contributed by atoms with Crippen molar-refractivity contribution in [2.24, 2.45) is 0 Å². The molecule has 0 aliphatic heterocycles. The lowest BCUT2D eigenvalue weighted by Crippen LogP contribution is -2.23. The Morgan fingerprint density at radius 1 is 1.08 bits per heavy atom. The third-order valence-corrected chi connectivity index (χ3v) is 3.81. The van der Waals surface area contributed by atoms with Gasteiger partial charge in [0.15, 0.2) is 11.5 Å². The number of benzene rings is 2. The Labute approximate surface area is 148 Å². The van der Waals surface area contributed by atoms with Crippen molar-refractivity contribution in [3.05, 3.63) is 59.7 Å². The first-order valence-electron chi connectivity index (χ1n) is 8.45. The van der Waals surface area contributed by atoms with Crippen LogP contribution in [0.3, 0.4) is 0 Å². The quantitative estimate of drug-likeness (QED) is 0.398. The van der Waals surface area contributed by atoms with Gasteiger partial charge in [-0.3, -0.25) is 0 Å². The summed E-state index contributed by atoms with van der Waals surface area (Å²) in [7, 11) is 1.57. The van der Waals surface area contributed by atoms with Crippen LogP contribution in [0.4, 0.5) is 0 Å². The zero-order valence-electron chi connectivity index (χ0n) is 14.7. The average molecular weight is 339 g/mol. The van der Waals surface area contributed by atoms with Crippen molar-refractivity contribution < 1.29 is 19.4 Å². The second-order valence-corrected chi connectivity index (χ2v) is 5.68. The minimum atomic E-state index is -1.22. The molecule has 0 saturated heterocycles. The SMILES string of the molecule is CCCCCOc1ccc(/C=C(/C(=O)[O-])c2ccccc2)cc1OC. The summed E-state index contributed by atoms with van der Waals surface area (Å²) in [5.41, 5.74) is 1.43. The molecular formula is C21H23O4-. The van der Waals surface area contributed by atoms with Gasteiger partial charge in [0.1, 0.15) is 0 Å². The van der Waals surface area contributed by atoms with Crippen LogP contribution in [0.5, 0.6) is 11.5 Å². The molecule has 0 heterocycles. The fourth-order valence-electron chi connectivity index (χ4n) is 2.47. The van der Waals surface area contributed by atoms with E-state index in [9.17, 15) is 9.90 Å². The van der Waals surface area contributed by atoms with Crippen LogP contribution in [0.2, 0.25) is 0 Å². The molecule has 132 valence electrons. The second-order valence-electron chi connectivity index (χ2n) is 5.68. The number of rotatable bonds is 9. The molecule has 0 N–H and O–H groups in total. The number of unbranched alkanes of at least 4 members (excludes halogenated alkanes) is 2. The number of methoxy groups -OCH3 is 1. The minimum absolute atomic E-state index is 0.124. The van der Waals surface area contributed by atoms with Gasteiger partial charge >= 0.3 is 0 Å². The summed E-state index contributed by atoms with van der Waals surface area (Å²) in [5.74, 6) is 0.0199. The van der Waals surface area contributed by atoms with E-state index < -0.39 is 5.97 Å². The molecule has 0 aliphatic carbocycles. The first-order chi connectivity index (χ1) is 12.2. The highest BCUT2D eigenvalue weighted by Gasteiger charge is 2.07. The molecule has 2 aromatic rings. The Balaban J connectivity index is 2.25. The first-order valence-corrected chi connectivity index (χ1v) is 8.45. The number of carbonyl (C=O) groups is 1. The smallest absolute Gasteiger partial charge is 0.161 e. The van der Waals surface area contributed by atoms with Gasteiger partial charge in [-0.1, -0.05) is 56.2 Å². The van der Waals surface area contributed by atoms with Crippen LogP contribution < -0.4 is 14.6 Å². The summed E-state index contributed by atoms with van der Waals surface area (Å²) in [6.07, 6.45) is 4.82. The van der Waals surface area contributed by atoms with E-state index >= 15 is 0 Å². The van der Waals surface area contributed by atoms with E-state index in [0.717, 1.165) is 19.3 Å². The van der Waals surface area contributed by atoms with Gasteiger partial charge in [0.2, 0.25) is 0 Å². The van der Waals surface area contributed by atoms with E-state index in [1.165, 1.54) is 0 Å². The molecule has 0 bridgehead atoms. The van der Waals surface area contributed by atoms with Crippen LogP contribution in [0, 0.1) is 0 Å². The van der Waals surface area contributed by atoms with Gasteiger partial charge < -0.3 is 19.4 Å². The summed E-state index contributed by atoms with van der Waals surface area (Å²) < 4.78 is 11.1. The summed E-state index contributed by atoms with van der Waals surface area (Å²) in [6.45, 7) is 2.77. The zero-order valence-corrected chi connectivity index (χ0v) is 14.7. The Bertz CT molecular complexity index is 720. The number of ether oxygens (including phenoxy) is 2. The second kappa shape index (κ2) is 9.52. The van der Waals surface area contributed by atoms with E-state index in [0.29, 0.717) is 29.2 Å². The van der Waals surface area contributed by atoms with Gasteiger partial charge in [0.25, 0.3) is 0 Å². The number of hydrogen-bond donors (Lipinski definition) is 0. The summed E-state index contributed by atoms with van der Waals surface area (Å²) in [5, 5.41) is 11.5. The maximum Gasteiger partial charge on any atom is 0.161 e. The number of carbonyl (C=O) groups excluding carboxylic acids is 1. The zero-order chi connectivity index (χ0) is 18.1. The average Bonchev–Trinajstić information content (AvgIpc) is 2.64. The molecule has 0 aromatic heterocycles. The fourth-order valence-corrected chi connectivity index (χ4v) is 2.47. The summed E-state index contributed by atoms with van der Waals surface area (Å²) in [6, 6.07) is 14.3. The highest BCUT2D eigenvalue weighted by atomic mass is 16.5. The normalized spacial score (nSPS) is 11.2. The third-order valence-electron chi connectivity index (χ3n) is 3.81. The van der Waals surface area contributed by atoms with E-state index in [1.54, 1.807) is 49.6 Å². The van der Waals surface area contributed by atoms with Crippen LogP contribution in [0.25, 0.3) is 11.6 Å². The summed E-state index contributed by atoms with van der Waals surface area (Å²) in [4.78, 5) is 11.5. The lowest BCUT2D eigenvalue weighted by atomic mass is 10.0. The molecule has 0 saturated carbocycles. The summed E-state index contributed by atoms with van der Waals surface area (Å²) >= 11 is 0. The van der Waals surface area contributed by atoms with Gasteiger partial charge in [-0.05, 0) is 35.8 Å². The maximum absolute atomic E-state index is 11.5. The van der Waals surface area contributed by atoms with E-state index in [-0.39, 0.29) is 5.57 Å². The third kappa shape index (κ3) is 5.38. The van der Waals surface area contributed by atoms with Crippen molar-refractivity contribution in [1.29, 1.82) is 0 Å². The van der Waals surface area contributed by atoms with Crippen molar-refractivity contribution in [2.45, 2.75) is 26.2 Å². The van der Waals surface area contributed by atoms with Crippen LogP contribution >= 0.6 is 0 Å². The van der Waals surface area contributed by atoms with Crippen LogP contribution in [-0.2, 0) is 4.79 Å². The molecule has 2 aromatic carbocycles. The molecule has 0 fully saturated rings. The fraction of sp³-hybridized carbons (Fsp3) is 0.286. The molecule has 0 spiro atoms. The number of aliphatic carboxylic acids is 1. The highest BCUT2D eigenvalue weighted by molar-refractivity contribution is 6.19. The Hall–Kier alpha value is -2.75. The minimum Gasteiger partial charge on any atom is -0.545 e. The molecular weight excluding hydrogens is 316 g/mol. The lowest BCUT2D eigenvalue weighted by Gasteiger charge is -2.13. The van der Waals surface area contributed by atoms with Gasteiger partial charge in [0, 0.05) is 5.57 Å². The monoisotopic (exact) mass is 339 g/mol. The number of carboxylic acid groups (broad SMARTS) is 1. The maximum atomic E-state index is 11.5. The van der Waals surface area contributed by atoms with Crippen molar-refractivity contribution >= 4 is 17.6 Å². The Morgan fingerprint density at radius 2 is 1.84 bits per heavy atom. The van der Waals surface area contributed by atoms with Gasteiger partial charge in [-0.25, -0.2) is 0 Å². The molecule has 25 heavy (non-hydrogen) atoms.